The molecule has 0 atom stereocenters. The van der Waals surface area contributed by atoms with Crippen LogP contribution in [0.1, 0.15) is 11.3 Å². The van der Waals surface area contributed by atoms with Gasteiger partial charge in [-0.05, 0) is 18.2 Å². The minimum absolute atomic E-state index is 0.228. The molecule has 28 heavy (non-hydrogen) atoms. The SMILES string of the molecule is N#Cc1cc(Cl)c(-c2nc3ccnc(Nc4cc(C#N)ncn4)c3[nH]2)c(Cl)c1. The highest BCUT2D eigenvalue weighted by Gasteiger charge is 2.16. The maximum atomic E-state index is 9.04. The van der Waals surface area contributed by atoms with E-state index < -0.39 is 0 Å². The van der Waals surface area contributed by atoms with Crippen LogP contribution < -0.4 is 5.32 Å². The van der Waals surface area contributed by atoms with Crippen molar-refractivity contribution in [1.82, 2.24) is 24.9 Å². The van der Waals surface area contributed by atoms with E-state index in [1.54, 1.807) is 12.3 Å². The average Bonchev–Trinajstić information content (AvgIpc) is 3.12. The fraction of sp³-hybridized carbons (Fsp3) is 0. The van der Waals surface area contributed by atoms with Crippen molar-refractivity contribution in [3.8, 4) is 23.5 Å². The van der Waals surface area contributed by atoms with Crippen molar-refractivity contribution < 1.29 is 0 Å². The molecule has 0 amide bonds. The number of rotatable bonds is 3. The van der Waals surface area contributed by atoms with Crippen molar-refractivity contribution in [2.24, 2.45) is 0 Å². The van der Waals surface area contributed by atoms with Gasteiger partial charge in [-0.25, -0.2) is 19.9 Å². The van der Waals surface area contributed by atoms with E-state index in [1.807, 2.05) is 12.1 Å². The van der Waals surface area contributed by atoms with Gasteiger partial charge in [0.1, 0.15) is 35.2 Å². The van der Waals surface area contributed by atoms with Gasteiger partial charge in [-0.2, -0.15) is 10.5 Å². The summed E-state index contributed by atoms with van der Waals surface area (Å²) in [4.78, 5) is 19.9. The highest BCUT2D eigenvalue weighted by molar-refractivity contribution is 6.39. The second-order valence-corrected chi connectivity index (χ2v) is 6.41. The molecule has 0 aliphatic rings. The molecule has 3 heterocycles. The lowest BCUT2D eigenvalue weighted by Crippen LogP contribution is -1.98. The van der Waals surface area contributed by atoms with Crippen LogP contribution in [0.2, 0.25) is 10.0 Å². The Morgan fingerprint density at radius 1 is 1.00 bits per heavy atom. The normalized spacial score (nSPS) is 10.4. The molecule has 1 aromatic carbocycles. The third-order valence-corrected chi connectivity index (χ3v) is 4.44. The number of nitrogens with zero attached hydrogens (tertiary/aromatic N) is 6. The van der Waals surface area contributed by atoms with Crippen LogP contribution in [0.4, 0.5) is 11.6 Å². The molecule has 0 saturated heterocycles. The highest BCUT2D eigenvalue weighted by atomic mass is 35.5. The van der Waals surface area contributed by atoms with Crippen molar-refractivity contribution in [1.29, 1.82) is 10.5 Å². The second-order valence-electron chi connectivity index (χ2n) is 5.59. The van der Waals surface area contributed by atoms with E-state index in [4.69, 9.17) is 33.7 Å². The number of hydrogen-bond donors (Lipinski definition) is 2. The van der Waals surface area contributed by atoms with Crippen LogP contribution in [0.5, 0.6) is 0 Å². The summed E-state index contributed by atoms with van der Waals surface area (Å²) in [6.45, 7) is 0. The van der Waals surface area contributed by atoms with Crippen molar-refractivity contribution in [2.75, 3.05) is 5.32 Å². The molecule has 0 aliphatic carbocycles. The molecular formula is C18H8Cl2N8. The molecule has 0 radical (unpaired) electrons. The minimum Gasteiger partial charge on any atom is -0.335 e. The van der Waals surface area contributed by atoms with E-state index in [0.717, 1.165) is 0 Å². The number of halogens is 2. The Bertz CT molecular complexity index is 1280. The summed E-state index contributed by atoms with van der Waals surface area (Å²) in [5.74, 6) is 1.31. The molecule has 8 nitrogen and oxygen atoms in total. The Morgan fingerprint density at radius 2 is 1.79 bits per heavy atom. The lowest BCUT2D eigenvalue weighted by atomic mass is 10.1. The predicted octanol–water partition coefficient (Wildman–Crippen LogP) is 4.21. The number of anilines is 2. The van der Waals surface area contributed by atoms with E-state index in [1.165, 1.54) is 24.5 Å². The van der Waals surface area contributed by atoms with Crippen LogP contribution in [0.3, 0.4) is 0 Å². The summed E-state index contributed by atoms with van der Waals surface area (Å²) in [6.07, 6.45) is 2.87. The summed E-state index contributed by atoms with van der Waals surface area (Å²) < 4.78 is 0. The number of hydrogen-bond acceptors (Lipinski definition) is 7. The van der Waals surface area contributed by atoms with Crippen LogP contribution >= 0.6 is 23.2 Å². The molecule has 2 N–H and O–H groups in total. The topological polar surface area (TPSA) is 127 Å². The van der Waals surface area contributed by atoms with Gasteiger partial charge in [0, 0.05) is 12.3 Å². The zero-order chi connectivity index (χ0) is 19.7. The average molecular weight is 407 g/mol. The van der Waals surface area contributed by atoms with E-state index in [9.17, 15) is 0 Å². The Kier molecular flexibility index (Phi) is 4.50. The largest absolute Gasteiger partial charge is 0.335 e. The number of nitriles is 2. The van der Waals surface area contributed by atoms with Gasteiger partial charge < -0.3 is 10.3 Å². The minimum atomic E-state index is 0.228. The Morgan fingerprint density at radius 3 is 2.50 bits per heavy atom. The number of pyridine rings is 1. The smallest absolute Gasteiger partial charge is 0.157 e. The summed E-state index contributed by atoms with van der Waals surface area (Å²) in [5, 5.41) is 21.7. The van der Waals surface area contributed by atoms with E-state index in [-0.39, 0.29) is 5.69 Å². The first-order valence-electron chi connectivity index (χ1n) is 7.82. The molecule has 3 aromatic heterocycles. The molecule has 4 aromatic rings. The molecule has 134 valence electrons. The first kappa shape index (κ1) is 17.7. The molecule has 0 aliphatic heterocycles. The maximum Gasteiger partial charge on any atom is 0.157 e. The maximum absolute atomic E-state index is 9.04. The number of fused-ring (bicyclic) bond motifs is 1. The van der Waals surface area contributed by atoms with Gasteiger partial charge in [0.05, 0.1) is 32.8 Å². The fourth-order valence-electron chi connectivity index (χ4n) is 2.62. The third kappa shape index (κ3) is 3.19. The standard InChI is InChI=1S/C18H8Cl2N8/c19-11-3-9(6-21)4-12(20)15(11)17-26-13-1-2-23-18(16(13)28-17)27-14-5-10(7-22)24-8-25-14/h1-5,8H,(H,26,28)(H,23,24,25,27). The lowest BCUT2D eigenvalue weighted by Gasteiger charge is -2.05. The fourth-order valence-corrected chi connectivity index (χ4v) is 3.29. The predicted molar refractivity (Wildman–Crippen MR) is 104 cm³/mol. The van der Waals surface area contributed by atoms with Gasteiger partial charge >= 0.3 is 0 Å². The van der Waals surface area contributed by atoms with Crippen LogP contribution in [0.15, 0.2) is 36.8 Å². The molecule has 0 spiro atoms. The zero-order valence-electron chi connectivity index (χ0n) is 13.9. The Hall–Kier alpha value is -3.72. The summed E-state index contributed by atoms with van der Waals surface area (Å²) >= 11 is 12.6. The molecular weight excluding hydrogens is 399 g/mol. The quantitative estimate of drug-likeness (QED) is 0.521. The Balaban J connectivity index is 1.80. The number of aromatic nitrogens is 5. The molecule has 0 saturated carbocycles. The Labute approximate surface area is 168 Å². The highest BCUT2D eigenvalue weighted by Crippen LogP contribution is 2.36. The van der Waals surface area contributed by atoms with Crippen molar-refractivity contribution in [3.63, 3.8) is 0 Å². The van der Waals surface area contributed by atoms with Crippen molar-refractivity contribution in [2.45, 2.75) is 0 Å². The lowest BCUT2D eigenvalue weighted by molar-refractivity contribution is 1.13. The van der Waals surface area contributed by atoms with Crippen molar-refractivity contribution >= 4 is 45.9 Å². The first-order valence-corrected chi connectivity index (χ1v) is 8.58. The molecule has 0 unspecified atom stereocenters. The van der Waals surface area contributed by atoms with Crippen molar-refractivity contribution in [3.05, 3.63) is 58.1 Å². The summed E-state index contributed by atoms with van der Waals surface area (Å²) in [6, 6.07) is 10.2. The van der Waals surface area contributed by atoms with Crippen LogP contribution in [-0.2, 0) is 0 Å². The zero-order valence-corrected chi connectivity index (χ0v) is 15.4. The molecule has 0 fully saturated rings. The number of benzene rings is 1. The monoisotopic (exact) mass is 406 g/mol. The summed E-state index contributed by atoms with van der Waals surface area (Å²) in [5.41, 5.74) is 2.30. The molecule has 4 rings (SSSR count). The van der Waals surface area contributed by atoms with E-state index in [0.29, 0.717) is 49.7 Å². The van der Waals surface area contributed by atoms with Crippen LogP contribution in [0.25, 0.3) is 22.4 Å². The number of aromatic amines is 1. The van der Waals surface area contributed by atoms with Gasteiger partial charge in [-0.3, -0.25) is 0 Å². The van der Waals surface area contributed by atoms with E-state index in [2.05, 4.69) is 30.2 Å². The van der Waals surface area contributed by atoms with Gasteiger partial charge in [0.2, 0.25) is 0 Å². The van der Waals surface area contributed by atoms with Gasteiger partial charge in [-0.1, -0.05) is 23.2 Å². The number of imidazole rings is 1. The van der Waals surface area contributed by atoms with Gasteiger partial charge in [-0.15, -0.1) is 0 Å². The first-order chi connectivity index (χ1) is 13.6. The van der Waals surface area contributed by atoms with Crippen LogP contribution in [-0.4, -0.2) is 24.9 Å². The number of H-pyrrole nitrogens is 1. The number of nitrogens with one attached hydrogen (secondary N) is 2. The molecule has 0 bridgehead atoms. The third-order valence-electron chi connectivity index (χ3n) is 3.84. The van der Waals surface area contributed by atoms with E-state index >= 15 is 0 Å². The summed E-state index contributed by atoms with van der Waals surface area (Å²) in [7, 11) is 0. The second kappa shape index (κ2) is 7.12. The van der Waals surface area contributed by atoms with Crippen LogP contribution in [0, 0.1) is 22.7 Å². The van der Waals surface area contributed by atoms with Gasteiger partial charge in [0.15, 0.2) is 5.82 Å². The van der Waals surface area contributed by atoms with Gasteiger partial charge in [0.25, 0.3) is 0 Å². The molecule has 10 heteroatoms.